The van der Waals surface area contributed by atoms with Crippen molar-refractivity contribution < 1.29 is 28.7 Å². The molecule has 4 amide bonds. The van der Waals surface area contributed by atoms with E-state index >= 15 is 0 Å². The average molecular weight is 485 g/mol. The summed E-state index contributed by atoms with van der Waals surface area (Å²) in [7, 11) is 0. The average Bonchev–Trinajstić information content (AvgIpc) is 3.32. The third kappa shape index (κ3) is 10.5. The Morgan fingerprint density at radius 3 is 2.61 bits per heavy atom. The van der Waals surface area contributed by atoms with Crippen molar-refractivity contribution in [3.8, 4) is 0 Å². The predicted octanol–water partition coefficient (Wildman–Crippen LogP) is 1.50. The number of fused-ring (bicyclic) bond motifs is 1. The molecule has 186 valence electrons. The van der Waals surface area contributed by atoms with Crippen molar-refractivity contribution in [1.29, 1.82) is 0 Å². The number of amides is 4. The van der Waals surface area contributed by atoms with E-state index in [0.29, 0.717) is 49.8 Å². The number of esters is 1. The molecule has 0 aromatic heterocycles. The van der Waals surface area contributed by atoms with Gasteiger partial charge >= 0.3 is 18.0 Å². The first-order valence-corrected chi connectivity index (χ1v) is 12.5. The highest BCUT2D eigenvalue weighted by Crippen LogP contribution is 2.33. The first kappa shape index (κ1) is 27.0. The molecule has 2 saturated heterocycles. The summed E-state index contributed by atoms with van der Waals surface area (Å²) >= 11 is 1.89. The largest absolute Gasteiger partial charge is 0.460 e. The minimum absolute atomic E-state index is 0.0695. The molecule has 2 fully saturated rings. The Bertz CT molecular complexity index is 704. The molecule has 0 saturated carbocycles. The molecule has 2 aliphatic heterocycles. The second-order valence-corrected chi connectivity index (χ2v) is 9.49. The number of ether oxygens (including phenoxy) is 2. The Hall–Kier alpha value is -2.27. The summed E-state index contributed by atoms with van der Waals surface area (Å²) in [5.41, 5.74) is 0.339. The number of hydrogen-bond donors (Lipinski definition) is 4. The number of rotatable bonds is 16. The molecule has 0 spiro atoms. The predicted molar refractivity (Wildman–Crippen MR) is 126 cm³/mol. The fourth-order valence-electron chi connectivity index (χ4n) is 3.64. The highest BCUT2D eigenvalue weighted by molar-refractivity contribution is 8.00. The standard InChI is InChI=1S/C22H36N4O6S/c1-15(2)20(28)32-13-12-31-11-10-24-21(29)23-9-5-7-16(27)6-3-4-8-18-19-17(14-33-18)25-22(30)26-19/h17-19H,1,3-14H2,2H3,(H2,23,24,29)(H2,25,26,30). The van der Waals surface area contributed by atoms with Gasteiger partial charge in [0.15, 0.2) is 0 Å². The Morgan fingerprint density at radius 1 is 1.06 bits per heavy atom. The van der Waals surface area contributed by atoms with Gasteiger partial charge in [-0.25, -0.2) is 14.4 Å². The fraction of sp³-hybridized carbons (Fsp3) is 0.727. The van der Waals surface area contributed by atoms with E-state index in [9.17, 15) is 19.2 Å². The zero-order valence-corrected chi connectivity index (χ0v) is 20.1. The van der Waals surface area contributed by atoms with Crippen LogP contribution in [0, 0.1) is 0 Å². The third-order valence-electron chi connectivity index (χ3n) is 5.39. The topological polar surface area (TPSA) is 135 Å². The molecule has 3 unspecified atom stereocenters. The number of unbranched alkanes of at least 4 members (excludes halogenated alkanes) is 1. The van der Waals surface area contributed by atoms with Gasteiger partial charge in [-0.1, -0.05) is 13.0 Å². The van der Waals surface area contributed by atoms with Gasteiger partial charge < -0.3 is 30.7 Å². The number of ketones is 1. The van der Waals surface area contributed by atoms with E-state index in [4.69, 9.17) is 9.47 Å². The van der Waals surface area contributed by atoms with Gasteiger partial charge in [0.2, 0.25) is 0 Å². The molecular formula is C22H36N4O6S. The highest BCUT2D eigenvalue weighted by atomic mass is 32.2. The molecular weight excluding hydrogens is 448 g/mol. The van der Waals surface area contributed by atoms with Gasteiger partial charge in [-0.2, -0.15) is 11.8 Å². The van der Waals surface area contributed by atoms with E-state index in [-0.39, 0.29) is 43.1 Å². The van der Waals surface area contributed by atoms with E-state index in [1.165, 1.54) is 0 Å². The number of hydrogen-bond acceptors (Lipinski definition) is 7. The van der Waals surface area contributed by atoms with Gasteiger partial charge in [0.05, 0.1) is 25.3 Å². The summed E-state index contributed by atoms with van der Waals surface area (Å²) < 4.78 is 10.1. The van der Waals surface area contributed by atoms with Gasteiger partial charge in [-0.05, 0) is 26.2 Å². The van der Waals surface area contributed by atoms with Crippen molar-refractivity contribution in [2.45, 2.75) is 62.8 Å². The molecule has 0 radical (unpaired) electrons. The quantitative estimate of drug-likeness (QED) is 0.113. The summed E-state index contributed by atoms with van der Waals surface area (Å²) in [4.78, 5) is 46.3. The van der Waals surface area contributed by atoms with E-state index in [2.05, 4.69) is 27.8 Å². The highest BCUT2D eigenvalue weighted by Gasteiger charge is 2.42. The van der Waals surface area contributed by atoms with Gasteiger partial charge in [0.1, 0.15) is 12.4 Å². The van der Waals surface area contributed by atoms with Crippen molar-refractivity contribution >= 4 is 35.6 Å². The SMILES string of the molecule is C=C(C)C(=O)OCCOCCNC(=O)NCCCC(=O)CCCCC1SCC2NC(=O)NC21. The van der Waals surface area contributed by atoms with E-state index in [1.54, 1.807) is 6.92 Å². The number of Topliss-reactive ketones (excluding diaryl/α,β-unsaturated/α-hetero) is 1. The summed E-state index contributed by atoms with van der Waals surface area (Å²) in [6, 6.07) is 0.0820. The summed E-state index contributed by atoms with van der Waals surface area (Å²) in [5.74, 6) is 0.715. The molecule has 2 rings (SSSR count). The minimum Gasteiger partial charge on any atom is -0.460 e. The Balaban J connectivity index is 1.37. The van der Waals surface area contributed by atoms with Crippen LogP contribution in [0.5, 0.6) is 0 Å². The second kappa shape index (κ2) is 14.8. The summed E-state index contributed by atoms with van der Waals surface area (Å²) in [5, 5.41) is 11.7. The van der Waals surface area contributed by atoms with E-state index < -0.39 is 5.97 Å². The Kier molecular flexibility index (Phi) is 12.1. The van der Waals surface area contributed by atoms with Crippen molar-refractivity contribution in [3.05, 3.63) is 12.2 Å². The lowest BCUT2D eigenvalue weighted by Crippen LogP contribution is -2.38. The maximum atomic E-state index is 12.0. The van der Waals surface area contributed by atoms with Crippen LogP contribution in [0.1, 0.15) is 45.4 Å². The maximum absolute atomic E-state index is 12.0. The van der Waals surface area contributed by atoms with Crippen LogP contribution in [-0.2, 0) is 19.1 Å². The lowest BCUT2D eigenvalue weighted by Gasteiger charge is -2.16. The van der Waals surface area contributed by atoms with Crippen molar-refractivity contribution in [3.63, 3.8) is 0 Å². The Labute approximate surface area is 199 Å². The molecule has 0 aliphatic carbocycles. The van der Waals surface area contributed by atoms with Crippen LogP contribution < -0.4 is 21.3 Å². The molecule has 0 aromatic carbocycles. The number of thioether (sulfide) groups is 1. The first-order chi connectivity index (χ1) is 15.9. The normalized spacial score (nSPS) is 21.0. The lowest BCUT2D eigenvalue weighted by molar-refractivity contribution is -0.140. The molecule has 4 N–H and O–H groups in total. The molecule has 33 heavy (non-hydrogen) atoms. The van der Waals surface area contributed by atoms with Gasteiger partial charge in [0, 0.05) is 42.5 Å². The van der Waals surface area contributed by atoms with Gasteiger partial charge in [0.25, 0.3) is 0 Å². The van der Waals surface area contributed by atoms with Gasteiger partial charge in [-0.15, -0.1) is 0 Å². The summed E-state index contributed by atoms with van der Waals surface area (Å²) in [6.07, 6.45) is 4.45. The van der Waals surface area contributed by atoms with Crippen LogP contribution in [0.3, 0.4) is 0 Å². The van der Waals surface area contributed by atoms with Crippen LogP contribution in [0.25, 0.3) is 0 Å². The zero-order valence-electron chi connectivity index (χ0n) is 19.3. The van der Waals surface area contributed by atoms with Crippen LogP contribution in [-0.4, -0.2) is 79.8 Å². The Morgan fingerprint density at radius 2 is 1.82 bits per heavy atom. The van der Waals surface area contributed by atoms with Gasteiger partial charge in [-0.3, -0.25) is 4.79 Å². The number of nitrogens with one attached hydrogen (secondary N) is 4. The van der Waals surface area contributed by atoms with Crippen LogP contribution in [0.2, 0.25) is 0 Å². The second-order valence-electron chi connectivity index (χ2n) is 8.22. The van der Waals surface area contributed by atoms with Crippen molar-refractivity contribution in [2.24, 2.45) is 0 Å². The third-order valence-corrected chi connectivity index (χ3v) is 6.90. The smallest absolute Gasteiger partial charge is 0.333 e. The minimum atomic E-state index is -0.450. The zero-order chi connectivity index (χ0) is 24.1. The van der Waals surface area contributed by atoms with Crippen molar-refractivity contribution in [2.75, 3.05) is 38.7 Å². The monoisotopic (exact) mass is 484 g/mol. The lowest BCUT2D eigenvalue weighted by atomic mass is 10.0. The molecule has 0 bridgehead atoms. The number of carbonyl (C=O) groups is 4. The molecule has 2 heterocycles. The molecule has 3 atom stereocenters. The van der Waals surface area contributed by atoms with E-state index in [0.717, 1.165) is 25.0 Å². The van der Waals surface area contributed by atoms with Crippen LogP contribution in [0.4, 0.5) is 9.59 Å². The van der Waals surface area contributed by atoms with Crippen molar-refractivity contribution in [1.82, 2.24) is 21.3 Å². The van der Waals surface area contributed by atoms with E-state index in [1.807, 2.05) is 11.8 Å². The molecule has 0 aromatic rings. The van der Waals surface area contributed by atoms with Crippen LogP contribution >= 0.6 is 11.8 Å². The number of carbonyl (C=O) groups excluding carboxylic acids is 4. The maximum Gasteiger partial charge on any atom is 0.333 e. The fourth-order valence-corrected chi connectivity index (χ4v) is 5.18. The van der Waals surface area contributed by atoms with Crippen LogP contribution in [0.15, 0.2) is 12.2 Å². The molecule has 10 nitrogen and oxygen atoms in total. The molecule has 2 aliphatic rings. The number of urea groups is 2. The summed E-state index contributed by atoms with van der Waals surface area (Å²) in [6.45, 7) is 6.52. The molecule has 11 heteroatoms. The first-order valence-electron chi connectivity index (χ1n) is 11.5.